The number of ether oxygens (including phenoxy) is 2. The number of para-hydroxylation sites is 1. The van der Waals surface area contributed by atoms with Gasteiger partial charge in [-0.3, -0.25) is 0 Å². The molecule has 26 heavy (non-hydrogen) atoms. The lowest BCUT2D eigenvalue weighted by molar-refractivity contribution is 0.210. The molecule has 0 aromatic heterocycles. The molecule has 2 aromatic carbocycles. The van der Waals surface area contributed by atoms with Crippen LogP contribution in [0.4, 0.5) is 5.69 Å². The molecule has 1 unspecified atom stereocenters. The second kappa shape index (κ2) is 9.43. The van der Waals surface area contributed by atoms with Gasteiger partial charge in [0.05, 0.1) is 12.1 Å². The van der Waals surface area contributed by atoms with E-state index in [2.05, 4.69) is 10.6 Å². The summed E-state index contributed by atoms with van der Waals surface area (Å²) in [7, 11) is 0. The normalized spacial score (nSPS) is 15.3. The Hall–Kier alpha value is -2.27. The van der Waals surface area contributed by atoms with E-state index in [-0.39, 0.29) is 6.04 Å². The van der Waals surface area contributed by atoms with Crippen LogP contribution in [0.15, 0.2) is 54.6 Å². The van der Waals surface area contributed by atoms with Crippen molar-refractivity contribution >= 4 is 23.0 Å². The van der Waals surface area contributed by atoms with Gasteiger partial charge >= 0.3 is 0 Å². The van der Waals surface area contributed by atoms with E-state index < -0.39 is 0 Å². The van der Waals surface area contributed by atoms with Gasteiger partial charge in [-0.1, -0.05) is 18.2 Å². The SMILES string of the molecule is CC(COc1ccccc1)NC(=S)Nc1ccc(OC2CCCC2)cc1. The van der Waals surface area contributed by atoms with Crippen molar-refractivity contribution in [3.63, 3.8) is 0 Å². The van der Waals surface area contributed by atoms with Crippen molar-refractivity contribution in [3.05, 3.63) is 54.6 Å². The first kappa shape index (κ1) is 18.5. The topological polar surface area (TPSA) is 42.5 Å². The zero-order valence-electron chi connectivity index (χ0n) is 15.1. The molecule has 0 aliphatic heterocycles. The molecule has 1 saturated carbocycles. The summed E-state index contributed by atoms with van der Waals surface area (Å²) in [5, 5.41) is 7.02. The molecular weight excluding hydrogens is 344 g/mol. The Bertz CT molecular complexity index is 685. The third-order valence-electron chi connectivity index (χ3n) is 4.34. The van der Waals surface area contributed by atoms with Crippen LogP contribution in [-0.4, -0.2) is 23.9 Å². The highest BCUT2D eigenvalue weighted by Gasteiger charge is 2.16. The summed E-state index contributed by atoms with van der Waals surface area (Å²) in [6.07, 6.45) is 5.25. The Balaban J connectivity index is 1.40. The average molecular weight is 371 g/mol. The highest BCUT2D eigenvalue weighted by atomic mass is 32.1. The van der Waals surface area contributed by atoms with E-state index in [1.165, 1.54) is 12.8 Å². The molecule has 3 rings (SSSR count). The number of anilines is 1. The van der Waals surface area contributed by atoms with Crippen molar-refractivity contribution in [3.8, 4) is 11.5 Å². The van der Waals surface area contributed by atoms with Gasteiger partial charge in [0.15, 0.2) is 5.11 Å². The van der Waals surface area contributed by atoms with Gasteiger partial charge in [-0.05, 0) is 81.2 Å². The van der Waals surface area contributed by atoms with Gasteiger partial charge in [0.1, 0.15) is 18.1 Å². The van der Waals surface area contributed by atoms with Crippen LogP contribution in [0.2, 0.25) is 0 Å². The van der Waals surface area contributed by atoms with Crippen molar-refractivity contribution in [2.75, 3.05) is 11.9 Å². The molecule has 1 atom stereocenters. The third-order valence-corrected chi connectivity index (χ3v) is 4.56. The number of nitrogens with one attached hydrogen (secondary N) is 2. The molecule has 138 valence electrons. The Morgan fingerprint density at radius 1 is 1.04 bits per heavy atom. The summed E-state index contributed by atoms with van der Waals surface area (Å²) in [5.74, 6) is 1.78. The van der Waals surface area contributed by atoms with Crippen LogP contribution in [0.1, 0.15) is 32.6 Å². The molecule has 2 N–H and O–H groups in total. The standard InChI is InChI=1S/C21H26N2O2S/c1-16(15-24-18-7-3-2-4-8-18)22-21(26)23-17-11-13-20(14-12-17)25-19-9-5-6-10-19/h2-4,7-8,11-14,16,19H,5-6,9-10,15H2,1H3,(H2,22,23,26). The zero-order valence-corrected chi connectivity index (χ0v) is 15.9. The summed E-state index contributed by atoms with van der Waals surface area (Å²) in [6.45, 7) is 2.58. The van der Waals surface area contributed by atoms with Crippen LogP contribution in [0.3, 0.4) is 0 Å². The van der Waals surface area contributed by atoms with E-state index in [4.69, 9.17) is 21.7 Å². The minimum atomic E-state index is 0.0974. The van der Waals surface area contributed by atoms with E-state index in [0.717, 1.165) is 30.0 Å². The zero-order chi connectivity index (χ0) is 18.2. The maximum Gasteiger partial charge on any atom is 0.171 e. The van der Waals surface area contributed by atoms with Crippen molar-refractivity contribution in [2.24, 2.45) is 0 Å². The fraction of sp³-hybridized carbons (Fsp3) is 0.381. The summed E-state index contributed by atoms with van der Waals surface area (Å²) >= 11 is 5.38. The predicted octanol–water partition coefficient (Wildman–Crippen LogP) is 4.76. The number of benzene rings is 2. The first-order valence-corrected chi connectivity index (χ1v) is 9.62. The monoisotopic (exact) mass is 370 g/mol. The van der Waals surface area contributed by atoms with E-state index in [1.807, 2.05) is 61.5 Å². The highest BCUT2D eigenvalue weighted by Crippen LogP contribution is 2.25. The first-order valence-electron chi connectivity index (χ1n) is 9.21. The van der Waals surface area contributed by atoms with Crippen LogP contribution in [0.5, 0.6) is 11.5 Å². The molecule has 0 heterocycles. The maximum absolute atomic E-state index is 5.98. The lowest BCUT2D eigenvalue weighted by atomic mass is 10.2. The Morgan fingerprint density at radius 2 is 1.73 bits per heavy atom. The summed E-state index contributed by atoms with van der Waals surface area (Å²) in [5.41, 5.74) is 0.942. The minimum absolute atomic E-state index is 0.0974. The number of thiocarbonyl (C=S) groups is 1. The molecule has 2 aromatic rings. The van der Waals surface area contributed by atoms with Crippen molar-refractivity contribution in [1.82, 2.24) is 5.32 Å². The molecule has 1 fully saturated rings. The molecule has 0 amide bonds. The van der Waals surface area contributed by atoms with Gasteiger partial charge in [-0.2, -0.15) is 0 Å². The van der Waals surface area contributed by atoms with Crippen LogP contribution < -0.4 is 20.1 Å². The number of hydrogen-bond acceptors (Lipinski definition) is 3. The predicted molar refractivity (Wildman–Crippen MR) is 110 cm³/mol. The maximum atomic E-state index is 5.98. The highest BCUT2D eigenvalue weighted by molar-refractivity contribution is 7.80. The fourth-order valence-electron chi connectivity index (χ4n) is 2.99. The molecule has 0 bridgehead atoms. The molecule has 1 aliphatic rings. The molecule has 0 radical (unpaired) electrons. The van der Waals surface area contributed by atoms with Gasteiger partial charge in [0.25, 0.3) is 0 Å². The lowest BCUT2D eigenvalue weighted by Gasteiger charge is -2.18. The number of hydrogen-bond donors (Lipinski definition) is 2. The summed E-state index contributed by atoms with van der Waals surface area (Å²) in [4.78, 5) is 0. The molecular formula is C21H26N2O2S. The van der Waals surface area contributed by atoms with Gasteiger partial charge in [-0.25, -0.2) is 0 Å². The Kier molecular flexibility index (Phi) is 6.72. The smallest absolute Gasteiger partial charge is 0.171 e. The van der Waals surface area contributed by atoms with Crippen molar-refractivity contribution in [1.29, 1.82) is 0 Å². The van der Waals surface area contributed by atoms with Crippen LogP contribution in [0.25, 0.3) is 0 Å². The van der Waals surface area contributed by atoms with Crippen LogP contribution in [0, 0.1) is 0 Å². The molecule has 0 spiro atoms. The average Bonchev–Trinajstić information content (AvgIpc) is 3.15. The van der Waals surface area contributed by atoms with Gasteiger partial charge < -0.3 is 20.1 Å². The molecule has 0 saturated heterocycles. The van der Waals surface area contributed by atoms with Crippen LogP contribution >= 0.6 is 12.2 Å². The Labute approximate surface area is 160 Å². The quantitative estimate of drug-likeness (QED) is 0.688. The summed E-state index contributed by atoms with van der Waals surface area (Å²) in [6, 6.07) is 17.8. The molecule has 4 nitrogen and oxygen atoms in total. The molecule has 5 heteroatoms. The van der Waals surface area contributed by atoms with Crippen LogP contribution in [-0.2, 0) is 0 Å². The van der Waals surface area contributed by atoms with Gasteiger partial charge in [0.2, 0.25) is 0 Å². The van der Waals surface area contributed by atoms with Gasteiger partial charge in [-0.15, -0.1) is 0 Å². The van der Waals surface area contributed by atoms with E-state index in [9.17, 15) is 0 Å². The van der Waals surface area contributed by atoms with E-state index in [1.54, 1.807) is 0 Å². The molecule has 1 aliphatic carbocycles. The largest absolute Gasteiger partial charge is 0.491 e. The van der Waals surface area contributed by atoms with Crippen molar-refractivity contribution < 1.29 is 9.47 Å². The Morgan fingerprint density at radius 3 is 2.42 bits per heavy atom. The van der Waals surface area contributed by atoms with E-state index >= 15 is 0 Å². The van der Waals surface area contributed by atoms with Crippen molar-refractivity contribution in [2.45, 2.75) is 44.8 Å². The van der Waals surface area contributed by atoms with Gasteiger partial charge in [0, 0.05) is 5.69 Å². The second-order valence-corrected chi connectivity index (χ2v) is 7.08. The van der Waals surface area contributed by atoms with E-state index in [0.29, 0.717) is 17.8 Å². The lowest BCUT2D eigenvalue weighted by Crippen LogP contribution is -2.39. The minimum Gasteiger partial charge on any atom is -0.491 e. The number of rotatable bonds is 7. The third kappa shape index (κ3) is 5.92. The summed E-state index contributed by atoms with van der Waals surface area (Å²) < 4.78 is 11.7. The first-order chi connectivity index (χ1) is 12.7. The second-order valence-electron chi connectivity index (χ2n) is 6.67. The fourth-order valence-corrected chi connectivity index (χ4v) is 3.31.